The van der Waals surface area contributed by atoms with Crippen LogP contribution in [0.2, 0.25) is 5.02 Å². The Balaban J connectivity index is 1.50. The molecule has 0 radical (unpaired) electrons. The molecule has 3 aromatic rings. The molecule has 0 bridgehead atoms. The van der Waals surface area contributed by atoms with Crippen molar-refractivity contribution in [3.8, 4) is 0 Å². The van der Waals surface area contributed by atoms with Crippen molar-refractivity contribution < 1.29 is 9.53 Å². The van der Waals surface area contributed by atoms with E-state index in [9.17, 15) is 4.79 Å². The molecule has 1 aliphatic heterocycles. The van der Waals surface area contributed by atoms with Gasteiger partial charge in [-0.05, 0) is 24.3 Å². The lowest BCUT2D eigenvalue weighted by Crippen LogP contribution is -2.47. The highest BCUT2D eigenvalue weighted by molar-refractivity contribution is 6.31. The van der Waals surface area contributed by atoms with E-state index in [1.807, 2.05) is 18.2 Å². The third kappa shape index (κ3) is 3.00. The number of carbonyl (C=O) groups is 1. The number of H-pyrrole nitrogens is 1. The summed E-state index contributed by atoms with van der Waals surface area (Å²) < 4.78 is 7.44. The third-order valence-corrected chi connectivity index (χ3v) is 4.34. The first kappa shape index (κ1) is 15.2. The lowest BCUT2D eigenvalue weighted by atomic mass is 10.2. The van der Waals surface area contributed by atoms with Crippen LogP contribution in [0, 0.1) is 0 Å². The van der Waals surface area contributed by atoms with Gasteiger partial charge in [0.15, 0.2) is 0 Å². The second-order valence-corrected chi connectivity index (χ2v) is 6.22. The molecular weight excluding hydrogens is 330 g/mol. The number of aromatic nitrogens is 4. The van der Waals surface area contributed by atoms with Gasteiger partial charge in [-0.3, -0.25) is 4.79 Å². The Bertz CT molecular complexity index is 861. The van der Waals surface area contributed by atoms with Crippen molar-refractivity contribution in [2.24, 2.45) is 0 Å². The second-order valence-electron chi connectivity index (χ2n) is 5.78. The largest absolute Gasteiger partial charge is 0.373 e. The van der Waals surface area contributed by atoms with Gasteiger partial charge < -0.3 is 14.6 Å². The van der Waals surface area contributed by atoms with Crippen LogP contribution in [0.5, 0.6) is 0 Å². The first-order valence-electron chi connectivity index (χ1n) is 7.72. The van der Waals surface area contributed by atoms with Crippen molar-refractivity contribution in [1.82, 2.24) is 24.9 Å². The highest BCUT2D eigenvalue weighted by atomic mass is 35.5. The average Bonchev–Trinajstić information content (AvgIpc) is 3.23. The number of carbonyl (C=O) groups excluding carboxylic acids is 1. The van der Waals surface area contributed by atoms with Gasteiger partial charge in [-0.25, -0.2) is 4.68 Å². The number of rotatable bonds is 3. The zero-order valence-electron chi connectivity index (χ0n) is 12.9. The van der Waals surface area contributed by atoms with Gasteiger partial charge in [0.1, 0.15) is 5.69 Å². The predicted octanol–water partition coefficient (Wildman–Crippen LogP) is 1.95. The number of nitrogens with one attached hydrogen (secondary N) is 1. The molecule has 1 fully saturated rings. The summed E-state index contributed by atoms with van der Waals surface area (Å²) in [6.45, 7) is 2.18. The fourth-order valence-corrected chi connectivity index (χ4v) is 3.12. The quantitative estimate of drug-likeness (QED) is 0.787. The number of halogens is 1. The number of hydrogen-bond acceptors (Lipinski definition) is 4. The zero-order chi connectivity index (χ0) is 16.5. The van der Waals surface area contributed by atoms with E-state index in [2.05, 4.69) is 15.3 Å². The maximum Gasteiger partial charge on any atom is 0.270 e. The van der Waals surface area contributed by atoms with E-state index in [1.54, 1.807) is 28.0 Å². The van der Waals surface area contributed by atoms with Crippen LogP contribution in [0.1, 0.15) is 10.5 Å². The lowest BCUT2D eigenvalue weighted by molar-refractivity contribution is -0.0303. The topological polar surface area (TPSA) is 76.0 Å². The van der Waals surface area contributed by atoms with Crippen molar-refractivity contribution in [2.75, 3.05) is 19.7 Å². The predicted molar refractivity (Wildman–Crippen MR) is 89.0 cm³/mol. The number of ether oxygens (including phenoxy) is 1. The van der Waals surface area contributed by atoms with Crippen molar-refractivity contribution >= 4 is 28.4 Å². The molecule has 1 unspecified atom stereocenters. The molecule has 124 valence electrons. The molecule has 0 aliphatic carbocycles. The molecule has 8 heteroatoms. The van der Waals surface area contributed by atoms with Gasteiger partial charge in [0, 0.05) is 35.2 Å². The smallest absolute Gasteiger partial charge is 0.270 e. The van der Waals surface area contributed by atoms with Gasteiger partial charge >= 0.3 is 0 Å². The van der Waals surface area contributed by atoms with Gasteiger partial charge in [-0.1, -0.05) is 16.8 Å². The number of benzene rings is 1. The Labute approximate surface area is 143 Å². The molecule has 4 rings (SSSR count). The number of amides is 1. The summed E-state index contributed by atoms with van der Waals surface area (Å²) >= 11 is 6.00. The highest BCUT2D eigenvalue weighted by Gasteiger charge is 2.26. The highest BCUT2D eigenvalue weighted by Crippen LogP contribution is 2.21. The van der Waals surface area contributed by atoms with Gasteiger partial charge in [-0.15, -0.1) is 5.10 Å². The van der Waals surface area contributed by atoms with Crippen molar-refractivity contribution in [3.05, 3.63) is 47.4 Å². The van der Waals surface area contributed by atoms with Gasteiger partial charge in [0.2, 0.25) is 0 Å². The summed E-state index contributed by atoms with van der Waals surface area (Å²) in [5, 5.41) is 9.30. The van der Waals surface area contributed by atoms with E-state index in [4.69, 9.17) is 16.3 Å². The maximum atomic E-state index is 12.8. The van der Waals surface area contributed by atoms with E-state index in [1.165, 1.54) is 0 Å². The van der Waals surface area contributed by atoms with Crippen LogP contribution in [0.25, 0.3) is 10.9 Å². The fraction of sp³-hybridized carbons (Fsp3) is 0.312. The normalized spacial score (nSPS) is 18.2. The summed E-state index contributed by atoms with van der Waals surface area (Å²) in [4.78, 5) is 17.7. The molecule has 0 saturated carbocycles. The summed E-state index contributed by atoms with van der Waals surface area (Å²) in [5.41, 5.74) is 1.46. The van der Waals surface area contributed by atoms with Crippen molar-refractivity contribution in [2.45, 2.75) is 12.6 Å². The Hall–Kier alpha value is -2.38. The van der Waals surface area contributed by atoms with E-state index in [-0.39, 0.29) is 12.0 Å². The molecule has 1 atom stereocenters. The Morgan fingerprint density at radius 2 is 2.33 bits per heavy atom. The first-order valence-corrected chi connectivity index (χ1v) is 8.10. The molecule has 24 heavy (non-hydrogen) atoms. The summed E-state index contributed by atoms with van der Waals surface area (Å²) in [6.07, 6.45) is 3.32. The van der Waals surface area contributed by atoms with Crippen LogP contribution >= 0.6 is 11.6 Å². The number of nitrogens with zero attached hydrogens (tertiary/aromatic N) is 4. The summed E-state index contributed by atoms with van der Waals surface area (Å²) in [5.74, 6) is -0.0331. The van der Waals surface area contributed by atoms with Crippen LogP contribution in [0.3, 0.4) is 0 Å². The lowest BCUT2D eigenvalue weighted by Gasteiger charge is -2.32. The summed E-state index contributed by atoms with van der Waals surface area (Å²) in [6, 6.07) is 7.36. The van der Waals surface area contributed by atoms with Crippen LogP contribution in [-0.2, 0) is 11.3 Å². The minimum absolute atomic E-state index is 0.0331. The van der Waals surface area contributed by atoms with Gasteiger partial charge in [0.25, 0.3) is 5.91 Å². The van der Waals surface area contributed by atoms with Crippen molar-refractivity contribution in [3.63, 3.8) is 0 Å². The van der Waals surface area contributed by atoms with Gasteiger partial charge in [0.05, 0.1) is 25.5 Å². The van der Waals surface area contributed by atoms with Gasteiger partial charge in [-0.2, -0.15) is 0 Å². The minimum Gasteiger partial charge on any atom is -0.373 e. The Morgan fingerprint density at radius 3 is 3.17 bits per heavy atom. The molecular formula is C16H16ClN5O2. The molecule has 1 N–H and O–H groups in total. The Kier molecular flexibility index (Phi) is 3.95. The first-order chi connectivity index (χ1) is 11.7. The second kappa shape index (κ2) is 6.26. The SMILES string of the molecule is O=C(c1cc2cc(Cl)ccc2[nH]1)N1CCOC(Cn2ccnn2)C1. The minimum atomic E-state index is -0.0942. The molecule has 1 amide bonds. The van der Waals surface area contributed by atoms with Crippen molar-refractivity contribution in [1.29, 1.82) is 0 Å². The molecule has 3 heterocycles. The molecule has 7 nitrogen and oxygen atoms in total. The molecule has 1 saturated heterocycles. The van der Waals surface area contributed by atoms with E-state index in [0.717, 1.165) is 10.9 Å². The molecule has 1 aliphatic rings. The molecule has 1 aromatic carbocycles. The molecule has 0 spiro atoms. The van der Waals surface area contributed by atoms with Crippen LogP contribution in [0.15, 0.2) is 36.7 Å². The van der Waals surface area contributed by atoms with E-state index in [0.29, 0.717) is 37.0 Å². The zero-order valence-corrected chi connectivity index (χ0v) is 13.6. The van der Waals surface area contributed by atoms with Crippen LogP contribution in [-0.4, -0.2) is 56.6 Å². The average molecular weight is 346 g/mol. The monoisotopic (exact) mass is 345 g/mol. The van der Waals surface area contributed by atoms with E-state index >= 15 is 0 Å². The van der Waals surface area contributed by atoms with Crippen LogP contribution in [0.4, 0.5) is 0 Å². The van der Waals surface area contributed by atoms with E-state index < -0.39 is 0 Å². The number of morpholine rings is 1. The standard InChI is InChI=1S/C16H16ClN5O2/c17-12-1-2-14-11(7-12)8-15(19-14)16(23)21-5-6-24-13(9-21)10-22-4-3-18-20-22/h1-4,7-8,13,19H,5-6,9-10H2. The Morgan fingerprint density at radius 1 is 1.42 bits per heavy atom. The maximum absolute atomic E-state index is 12.8. The summed E-state index contributed by atoms with van der Waals surface area (Å²) in [7, 11) is 0. The van der Waals surface area contributed by atoms with Crippen LogP contribution < -0.4 is 0 Å². The number of aromatic amines is 1. The third-order valence-electron chi connectivity index (χ3n) is 4.10. The fourth-order valence-electron chi connectivity index (χ4n) is 2.94. The number of fused-ring (bicyclic) bond motifs is 1. The number of hydrogen-bond donors (Lipinski definition) is 1. The molecule has 2 aromatic heterocycles.